The highest BCUT2D eigenvalue weighted by Crippen LogP contribution is 2.38. The summed E-state index contributed by atoms with van der Waals surface area (Å²) in [5.41, 5.74) is 3.18. The second-order valence-corrected chi connectivity index (χ2v) is 7.19. The van der Waals surface area contributed by atoms with Crippen LogP contribution in [0.4, 0.5) is 0 Å². The number of likely N-dealkylation sites (N-methyl/N-ethyl adjacent to an activating group) is 1. The van der Waals surface area contributed by atoms with E-state index in [0.29, 0.717) is 25.4 Å². The Kier molecular flexibility index (Phi) is 4.92. The molecule has 0 saturated heterocycles. The van der Waals surface area contributed by atoms with Gasteiger partial charge in [0.1, 0.15) is 18.1 Å². The Balaban J connectivity index is 1.68. The van der Waals surface area contributed by atoms with Gasteiger partial charge in [0.25, 0.3) is 5.91 Å². The van der Waals surface area contributed by atoms with E-state index in [1.807, 2.05) is 57.5 Å². The van der Waals surface area contributed by atoms with E-state index in [1.54, 1.807) is 15.8 Å². The molecule has 0 unspecified atom stereocenters. The molecule has 0 aliphatic carbocycles. The van der Waals surface area contributed by atoms with Crippen LogP contribution in [0.3, 0.4) is 0 Å². The lowest BCUT2D eigenvalue weighted by molar-refractivity contribution is 0.0710. The number of para-hydroxylation sites is 1. The first-order chi connectivity index (χ1) is 13.5. The van der Waals surface area contributed by atoms with Crippen LogP contribution in [0.25, 0.3) is 11.3 Å². The Bertz CT molecular complexity index is 976. The zero-order valence-corrected chi connectivity index (χ0v) is 16.4. The first kappa shape index (κ1) is 18.3. The van der Waals surface area contributed by atoms with Gasteiger partial charge in [-0.2, -0.15) is 5.10 Å². The minimum Gasteiger partial charge on any atom is -0.488 e. The summed E-state index contributed by atoms with van der Waals surface area (Å²) in [4.78, 5) is 17.2. The molecule has 1 amide bonds. The van der Waals surface area contributed by atoms with E-state index < -0.39 is 0 Å². The molecule has 4 rings (SSSR count). The highest BCUT2D eigenvalue weighted by atomic mass is 16.5. The predicted octanol–water partition coefficient (Wildman–Crippen LogP) is 2.78. The molecule has 1 aliphatic rings. The van der Waals surface area contributed by atoms with Gasteiger partial charge >= 0.3 is 0 Å². The number of furan rings is 1. The number of aromatic nitrogens is 2. The summed E-state index contributed by atoms with van der Waals surface area (Å²) in [6.45, 7) is 2.07. The van der Waals surface area contributed by atoms with Crippen molar-refractivity contribution in [1.82, 2.24) is 19.6 Å². The molecule has 28 heavy (non-hydrogen) atoms. The minimum absolute atomic E-state index is 0.113. The van der Waals surface area contributed by atoms with Crippen molar-refractivity contribution in [3.8, 4) is 17.0 Å². The summed E-state index contributed by atoms with van der Waals surface area (Å²) in [5, 5.41) is 4.57. The molecule has 0 spiro atoms. The number of nitrogens with zero attached hydrogens (tertiary/aromatic N) is 4. The largest absolute Gasteiger partial charge is 0.488 e. The normalized spacial score (nSPS) is 12.4. The van der Waals surface area contributed by atoms with Crippen molar-refractivity contribution in [3.05, 3.63) is 59.7 Å². The maximum Gasteiger partial charge on any atom is 0.275 e. The number of benzene rings is 1. The number of carbonyl (C=O) groups excluding carboxylic acids is 1. The maximum atomic E-state index is 13.4. The third-order valence-corrected chi connectivity index (χ3v) is 4.89. The number of fused-ring (bicyclic) bond motifs is 3. The smallest absolute Gasteiger partial charge is 0.275 e. The second kappa shape index (κ2) is 7.52. The average Bonchev–Trinajstić information content (AvgIpc) is 3.32. The predicted molar refractivity (Wildman–Crippen MR) is 105 cm³/mol. The third-order valence-electron chi connectivity index (χ3n) is 4.89. The fourth-order valence-corrected chi connectivity index (χ4v) is 3.46. The molecule has 1 aliphatic heterocycles. The Labute approximate surface area is 164 Å². The van der Waals surface area contributed by atoms with Crippen LogP contribution in [-0.2, 0) is 20.2 Å². The van der Waals surface area contributed by atoms with Gasteiger partial charge < -0.3 is 19.0 Å². The summed E-state index contributed by atoms with van der Waals surface area (Å²) >= 11 is 0. The Hall–Kier alpha value is -3.06. The van der Waals surface area contributed by atoms with Crippen molar-refractivity contribution in [2.75, 3.05) is 27.2 Å². The van der Waals surface area contributed by atoms with Crippen molar-refractivity contribution in [2.24, 2.45) is 7.05 Å². The number of ether oxygens (including phenoxy) is 1. The van der Waals surface area contributed by atoms with Crippen molar-refractivity contribution in [3.63, 3.8) is 0 Å². The number of hydrogen-bond donors (Lipinski definition) is 0. The van der Waals surface area contributed by atoms with Crippen LogP contribution in [0.2, 0.25) is 0 Å². The van der Waals surface area contributed by atoms with E-state index in [4.69, 9.17) is 9.15 Å². The lowest BCUT2D eigenvalue weighted by atomic mass is 10.0. The van der Waals surface area contributed by atoms with Gasteiger partial charge in [0.2, 0.25) is 0 Å². The summed E-state index contributed by atoms with van der Waals surface area (Å²) in [6.07, 6.45) is 1.62. The van der Waals surface area contributed by atoms with E-state index in [0.717, 1.165) is 34.9 Å². The van der Waals surface area contributed by atoms with E-state index in [2.05, 4.69) is 10.00 Å². The highest BCUT2D eigenvalue weighted by molar-refractivity contribution is 5.96. The molecule has 146 valence electrons. The van der Waals surface area contributed by atoms with Crippen LogP contribution in [0, 0.1) is 0 Å². The molecule has 2 aromatic heterocycles. The van der Waals surface area contributed by atoms with Crippen molar-refractivity contribution in [1.29, 1.82) is 0 Å². The lowest BCUT2D eigenvalue weighted by Crippen LogP contribution is -2.37. The Morgan fingerprint density at radius 3 is 2.75 bits per heavy atom. The molecule has 7 heteroatoms. The van der Waals surface area contributed by atoms with Gasteiger partial charge in [0, 0.05) is 31.3 Å². The zero-order valence-electron chi connectivity index (χ0n) is 16.4. The van der Waals surface area contributed by atoms with Crippen molar-refractivity contribution >= 4 is 5.91 Å². The van der Waals surface area contributed by atoms with Crippen LogP contribution in [-0.4, -0.2) is 52.7 Å². The van der Waals surface area contributed by atoms with E-state index in [-0.39, 0.29) is 5.91 Å². The fraction of sp³-hybridized carbons (Fsp3) is 0.333. The highest BCUT2D eigenvalue weighted by Gasteiger charge is 2.30. The molecular formula is C21H24N4O3. The van der Waals surface area contributed by atoms with Gasteiger partial charge in [-0.15, -0.1) is 0 Å². The summed E-state index contributed by atoms with van der Waals surface area (Å²) in [5.74, 6) is 1.45. The molecule has 0 saturated carbocycles. The van der Waals surface area contributed by atoms with Crippen LogP contribution in [0.15, 0.2) is 47.1 Å². The van der Waals surface area contributed by atoms with Gasteiger partial charge in [-0.3, -0.25) is 9.48 Å². The van der Waals surface area contributed by atoms with E-state index in [1.165, 1.54) is 0 Å². The van der Waals surface area contributed by atoms with Gasteiger partial charge in [0.05, 0.1) is 18.5 Å². The lowest BCUT2D eigenvalue weighted by Gasteiger charge is -2.24. The Morgan fingerprint density at radius 1 is 1.18 bits per heavy atom. The molecule has 0 fully saturated rings. The molecule has 0 atom stereocenters. The monoisotopic (exact) mass is 380 g/mol. The van der Waals surface area contributed by atoms with E-state index >= 15 is 0 Å². The molecule has 7 nitrogen and oxygen atoms in total. The van der Waals surface area contributed by atoms with Crippen LogP contribution >= 0.6 is 0 Å². The van der Waals surface area contributed by atoms with Gasteiger partial charge in [-0.05, 0) is 38.4 Å². The van der Waals surface area contributed by atoms with Gasteiger partial charge in [0.15, 0.2) is 5.69 Å². The first-order valence-electron chi connectivity index (χ1n) is 9.29. The topological polar surface area (TPSA) is 63.7 Å². The molecular weight excluding hydrogens is 356 g/mol. The number of aryl methyl sites for hydroxylation is 1. The quantitative estimate of drug-likeness (QED) is 0.658. The maximum absolute atomic E-state index is 13.4. The number of hydrogen-bond acceptors (Lipinski definition) is 5. The van der Waals surface area contributed by atoms with Crippen LogP contribution in [0.5, 0.6) is 5.75 Å². The number of carbonyl (C=O) groups is 1. The van der Waals surface area contributed by atoms with Gasteiger partial charge in [-0.1, -0.05) is 12.1 Å². The number of amides is 1. The fourth-order valence-electron chi connectivity index (χ4n) is 3.46. The summed E-state index contributed by atoms with van der Waals surface area (Å²) in [7, 11) is 5.85. The molecule has 0 N–H and O–H groups in total. The zero-order chi connectivity index (χ0) is 19.7. The molecule has 3 aromatic rings. The SMILES string of the molecule is CN(C)CCN(Cc1ccco1)C(=O)c1nn(C)c2c1COc1ccccc1-2. The average molecular weight is 380 g/mol. The summed E-state index contributed by atoms with van der Waals surface area (Å²) in [6, 6.07) is 11.5. The molecule has 1 aromatic carbocycles. The van der Waals surface area contributed by atoms with Crippen LogP contribution < -0.4 is 4.74 Å². The van der Waals surface area contributed by atoms with Crippen LogP contribution in [0.1, 0.15) is 21.8 Å². The number of rotatable bonds is 6. The molecule has 0 radical (unpaired) electrons. The van der Waals surface area contributed by atoms with E-state index in [9.17, 15) is 4.79 Å². The first-order valence-corrected chi connectivity index (χ1v) is 9.29. The van der Waals surface area contributed by atoms with Gasteiger partial charge in [-0.25, -0.2) is 0 Å². The third kappa shape index (κ3) is 3.41. The molecule has 3 heterocycles. The Morgan fingerprint density at radius 2 is 2.00 bits per heavy atom. The summed E-state index contributed by atoms with van der Waals surface area (Å²) < 4.78 is 13.1. The standard InChI is InChI=1S/C21H24N4O3/c1-23(2)10-11-25(13-15-7-6-12-27-15)21(26)19-17-14-28-18-9-5-4-8-16(18)20(17)24(3)22-19/h4-9,12H,10-11,13-14H2,1-3H3. The minimum atomic E-state index is -0.113. The van der Waals surface area contributed by atoms with Crippen molar-refractivity contribution < 1.29 is 13.9 Å². The second-order valence-electron chi connectivity index (χ2n) is 7.19. The molecule has 0 bridgehead atoms. The van der Waals surface area contributed by atoms with Crippen molar-refractivity contribution in [2.45, 2.75) is 13.2 Å².